The zero-order valence-corrected chi connectivity index (χ0v) is 20.1. The van der Waals surface area contributed by atoms with Gasteiger partial charge >= 0.3 is 5.97 Å². The lowest BCUT2D eigenvalue weighted by molar-refractivity contribution is -0.148. The van der Waals surface area contributed by atoms with Gasteiger partial charge in [0.25, 0.3) is 0 Å². The molecule has 1 saturated heterocycles. The van der Waals surface area contributed by atoms with Crippen LogP contribution in [0.3, 0.4) is 0 Å². The molecule has 3 atom stereocenters. The molecule has 7 heteroatoms. The van der Waals surface area contributed by atoms with E-state index in [0.29, 0.717) is 11.7 Å². The molecule has 1 aliphatic rings. The second kappa shape index (κ2) is 11.1. The number of carbonyl (C=O) groups excluding carboxylic acids is 1. The highest BCUT2D eigenvalue weighted by Crippen LogP contribution is 2.26. The van der Waals surface area contributed by atoms with Crippen LogP contribution in [0, 0.1) is 0 Å². The minimum atomic E-state index is -2.60. The second-order valence-electron chi connectivity index (χ2n) is 8.73. The van der Waals surface area contributed by atoms with Crippen LogP contribution in [-0.4, -0.2) is 50.9 Å². The third-order valence-corrected chi connectivity index (χ3v) is 6.84. The molecule has 0 N–H and O–H groups in total. The molecule has 0 bridgehead atoms. The molecule has 3 rings (SSSR count). The molecule has 1 fully saturated rings. The zero-order valence-electron chi connectivity index (χ0n) is 19.3. The molecule has 0 saturated carbocycles. The number of rotatable bonds is 9. The van der Waals surface area contributed by atoms with Crippen LogP contribution in [0.2, 0.25) is 0 Å². The largest absolute Gasteiger partial charge is 0.755 e. The Morgan fingerprint density at radius 3 is 2.22 bits per heavy atom. The molecule has 0 aromatic heterocycles. The Balaban J connectivity index is 1.67. The van der Waals surface area contributed by atoms with E-state index in [0.717, 1.165) is 28.4 Å². The number of hydrogen-bond donors (Lipinski definition) is 0. The van der Waals surface area contributed by atoms with Gasteiger partial charge in [0.15, 0.2) is 0 Å². The molecule has 2 aromatic carbocycles. The van der Waals surface area contributed by atoms with E-state index < -0.39 is 23.3 Å². The van der Waals surface area contributed by atoms with E-state index in [2.05, 4.69) is 36.1 Å². The molecule has 174 valence electrons. The smallest absolute Gasteiger partial charge is 0.329 e. The summed E-state index contributed by atoms with van der Waals surface area (Å²) in [6, 6.07) is 15.4. The fourth-order valence-electron chi connectivity index (χ4n) is 4.13. The van der Waals surface area contributed by atoms with Crippen molar-refractivity contribution in [3.05, 3.63) is 54.1 Å². The van der Waals surface area contributed by atoms with Crippen LogP contribution in [0.5, 0.6) is 0 Å². The van der Waals surface area contributed by atoms with Crippen LogP contribution < -0.4 is 4.31 Å². The maximum Gasteiger partial charge on any atom is 0.329 e. The summed E-state index contributed by atoms with van der Waals surface area (Å²) in [5.74, 6) is -0.577. The van der Waals surface area contributed by atoms with Crippen LogP contribution in [0.25, 0.3) is 11.1 Å². The summed E-state index contributed by atoms with van der Waals surface area (Å²) >= 11 is -2.60. The third-order valence-electron chi connectivity index (χ3n) is 5.99. The SMILES string of the molecule is CC(C)OC(=O)C(C)N(c1ccc(-c2ccc(CCN3CCCC3C)cc2)cc1)S(=O)[O-]. The lowest BCUT2D eigenvalue weighted by Crippen LogP contribution is -2.42. The Hall–Kier alpha value is -2.22. The van der Waals surface area contributed by atoms with Crippen molar-refractivity contribution in [1.82, 2.24) is 4.90 Å². The Labute approximate surface area is 194 Å². The van der Waals surface area contributed by atoms with Gasteiger partial charge in [-0.1, -0.05) is 36.4 Å². The maximum absolute atomic E-state index is 12.2. The van der Waals surface area contributed by atoms with Crippen LogP contribution in [0.15, 0.2) is 48.5 Å². The molecule has 2 aromatic rings. The summed E-state index contributed by atoms with van der Waals surface area (Å²) in [7, 11) is 0. The van der Waals surface area contributed by atoms with Gasteiger partial charge in [0.1, 0.15) is 6.04 Å². The molecular formula is C25H33N2O4S-. The fraction of sp³-hybridized carbons (Fsp3) is 0.480. The number of hydrogen-bond acceptors (Lipinski definition) is 5. The van der Waals surface area contributed by atoms with Crippen molar-refractivity contribution in [3.63, 3.8) is 0 Å². The van der Waals surface area contributed by atoms with Crippen molar-refractivity contribution in [1.29, 1.82) is 0 Å². The van der Waals surface area contributed by atoms with E-state index in [4.69, 9.17) is 4.74 Å². The Bertz CT molecular complexity index is 915. The number of anilines is 1. The highest BCUT2D eigenvalue weighted by atomic mass is 32.2. The summed E-state index contributed by atoms with van der Waals surface area (Å²) in [5, 5.41) is 0. The van der Waals surface area contributed by atoms with Crippen molar-refractivity contribution >= 4 is 22.9 Å². The van der Waals surface area contributed by atoms with Crippen LogP contribution >= 0.6 is 0 Å². The number of carbonyl (C=O) groups is 1. The van der Waals surface area contributed by atoms with Gasteiger partial charge in [-0.15, -0.1) is 0 Å². The molecule has 0 spiro atoms. The number of ether oxygens (including phenoxy) is 1. The zero-order chi connectivity index (χ0) is 23.3. The standard InChI is InChI=1S/C25H34N2O4S/c1-18(2)31-25(28)20(4)27(32(29)30)24-13-11-23(12-14-24)22-9-7-21(8-10-22)15-17-26-16-5-6-19(26)3/h7-14,18-20H,5-6,15-17H2,1-4H3,(H,29,30)/p-1. The van der Waals surface area contributed by atoms with Gasteiger partial charge in [0, 0.05) is 29.5 Å². The quantitative estimate of drug-likeness (QED) is 0.414. The molecule has 1 heterocycles. The van der Waals surface area contributed by atoms with Crippen molar-refractivity contribution in [2.45, 2.75) is 65.1 Å². The normalized spacial score (nSPS) is 18.5. The predicted octanol–water partition coefficient (Wildman–Crippen LogP) is 4.32. The van der Waals surface area contributed by atoms with Gasteiger partial charge < -0.3 is 14.2 Å². The van der Waals surface area contributed by atoms with E-state index in [1.807, 2.05) is 12.1 Å². The van der Waals surface area contributed by atoms with Crippen LogP contribution in [-0.2, 0) is 27.2 Å². The summed E-state index contributed by atoms with van der Waals surface area (Å²) in [4.78, 5) is 14.8. The summed E-state index contributed by atoms with van der Waals surface area (Å²) in [6.07, 6.45) is 3.32. The van der Waals surface area contributed by atoms with Crippen molar-refractivity contribution in [3.8, 4) is 11.1 Å². The van der Waals surface area contributed by atoms with Gasteiger partial charge in [-0.3, -0.25) is 8.51 Å². The highest BCUT2D eigenvalue weighted by molar-refractivity contribution is 7.80. The third kappa shape index (κ3) is 6.18. The van der Waals surface area contributed by atoms with Crippen LogP contribution in [0.4, 0.5) is 5.69 Å². The molecule has 0 radical (unpaired) electrons. The molecule has 3 unspecified atom stereocenters. The number of nitrogens with zero attached hydrogens (tertiary/aromatic N) is 2. The van der Waals surface area contributed by atoms with Gasteiger partial charge in [0.05, 0.1) is 6.10 Å². The molecule has 0 aliphatic carbocycles. The lowest BCUT2D eigenvalue weighted by atomic mass is 10.0. The molecule has 1 aliphatic heterocycles. The van der Waals surface area contributed by atoms with Gasteiger partial charge in [-0.25, -0.2) is 4.79 Å². The minimum Gasteiger partial charge on any atom is -0.755 e. The van der Waals surface area contributed by atoms with Crippen molar-refractivity contribution in [2.24, 2.45) is 0 Å². The van der Waals surface area contributed by atoms with E-state index in [-0.39, 0.29) is 6.10 Å². The average molecular weight is 458 g/mol. The van der Waals surface area contributed by atoms with Gasteiger partial charge in [-0.05, 0) is 82.3 Å². The topological polar surface area (TPSA) is 72.9 Å². The molecule has 32 heavy (non-hydrogen) atoms. The van der Waals surface area contributed by atoms with Crippen molar-refractivity contribution < 1.29 is 18.3 Å². The van der Waals surface area contributed by atoms with Crippen molar-refractivity contribution in [2.75, 3.05) is 17.4 Å². The number of esters is 1. The van der Waals surface area contributed by atoms with Gasteiger partial charge in [0.2, 0.25) is 0 Å². The predicted molar refractivity (Wildman–Crippen MR) is 128 cm³/mol. The molecule has 0 amide bonds. The highest BCUT2D eigenvalue weighted by Gasteiger charge is 2.25. The minimum absolute atomic E-state index is 0.309. The monoisotopic (exact) mass is 457 g/mol. The second-order valence-corrected chi connectivity index (χ2v) is 9.55. The van der Waals surface area contributed by atoms with E-state index in [9.17, 15) is 13.6 Å². The van der Waals surface area contributed by atoms with E-state index >= 15 is 0 Å². The lowest BCUT2D eigenvalue weighted by Gasteiger charge is -2.31. The number of benzene rings is 2. The number of likely N-dealkylation sites (tertiary alicyclic amines) is 1. The van der Waals surface area contributed by atoms with E-state index in [1.165, 1.54) is 31.9 Å². The summed E-state index contributed by atoms with van der Waals surface area (Å²) < 4.78 is 29.8. The first-order valence-electron chi connectivity index (χ1n) is 11.3. The Morgan fingerprint density at radius 2 is 1.72 bits per heavy atom. The summed E-state index contributed by atoms with van der Waals surface area (Å²) in [6.45, 7) is 9.58. The fourth-order valence-corrected chi connectivity index (χ4v) is 4.77. The molecular weight excluding hydrogens is 424 g/mol. The average Bonchev–Trinajstić information content (AvgIpc) is 3.17. The molecule has 6 nitrogen and oxygen atoms in total. The first-order chi connectivity index (χ1) is 15.3. The first-order valence-corrected chi connectivity index (χ1v) is 12.3. The van der Waals surface area contributed by atoms with Crippen LogP contribution in [0.1, 0.15) is 46.1 Å². The van der Waals surface area contributed by atoms with Gasteiger partial charge in [-0.2, -0.15) is 0 Å². The first kappa shape index (κ1) is 24.4. The Morgan fingerprint density at radius 1 is 1.12 bits per heavy atom. The van der Waals surface area contributed by atoms with E-state index in [1.54, 1.807) is 26.0 Å². The Kier molecular flexibility index (Phi) is 8.45. The summed E-state index contributed by atoms with van der Waals surface area (Å²) in [5.41, 5.74) is 3.79. The maximum atomic E-state index is 12.2.